The largest absolute Gasteiger partial charge is 0.467 e. The SMILES string of the molecule is CC(CNC(=O)c1coc(CN)c1)N1CCN(c2ccccc2)CC1. The number of anilines is 1. The second kappa shape index (κ2) is 8.18. The van der Waals surface area contributed by atoms with Crippen LogP contribution in [0.2, 0.25) is 0 Å². The van der Waals surface area contributed by atoms with Gasteiger partial charge < -0.3 is 20.4 Å². The van der Waals surface area contributed by atoms with E-state index in [2.05, 4.69) is 46.3 Å². The van der Waals surface area contributed by atoms with Crippen molar-refractivity contribution in [3.05, 3.63) is 54.0 Å². The molecule has 134 valence electrons. The van der Waals surface area contributed by atoms with Crippen molar-refractivity contribution in [1.29, 1.82) is 0 Å². The van der Waals surface area contributed by atoms with E-state index in [-0.39, 0.29) is 5.91 Å². The van der Waals surface area contributed by atoms with Crippen molar-refractivity contribution in [1.82, 2.24) is 10.2 Å². The van der Waals surface area contributed by atoms with Crippen molar-refractivity contribution >= 4 is 11.6 Å². The van der Waals surface area contributed by atoms with Gasteiger partial charge in [0.2, 0.25) is 0 Å². The van der Waals surface area contributed by atoms with Crippen LogP contribution in [0, 0.1) is 0 Å². The fourth-order valence-corrected chi connectivity index (χ4v) is 3.14. The molecule has 0 spiro atoms. The number of nitrogens with zero attached hydrogens (tertiary/aromatic N) is 2. The van der Waals surface area contributed by atoms with Gasteiger partial charge in [0.05, 0.1) is 12.1 Å². The van der Waals surface area contributed by atoms with Crippen LogP contribution in [0.4, 0.5) is 5.69 Å². The number of amides is 1. The zero-order valence-corrected chi connectivity index (χ0v) is 14.6. The molecule has 1 saturated heterocycles. The Bertz CT molecular complexity index is 678. The average molecular weight is 342 g/mol. The van der Waals surface area contributed by atoms with Crippen molar-refractivity contribution in [2.45, 2.75) is 19.5 Å². The van der Waals surface area contributed by atoms with Crippen LogP contribution in [0.15, 0.2) is 47.1 Å². The Morgan fingerprint density at radius 1 is 1.24 bits per heavy atom. The molecule has 1 aromatic carbocycles. The van der Waals surface area contributed by atoms with Crippen LogP contribution in [-0.4, -0.2) is 49.6 Å². The third-order valence-corrected chi connectivity index (χ3v) is 4.73. The van der Waals surface area contributed by atoms with Crippen LogP contribution in [-0.2, 0) is 6.54 Å². The van der Waals surface area contributed by atoms with Crippen LogP contribution >= 0.6 is 0 Å². The number of carbonyl (C=O) groups excluding carboxylic acids is 1. The molecule has 1 fully saturated rings. The average Bonchev–Trinajstić information content (AvgIpc) is 3.16. The topological polar surface area (TPSA) is 74.7 Å². The van der Waals surface area contributed by atoms with Gasteiger partial charge in [0, 0.05) is 44.5 Å². The molecule has 0 aliphatic carbocycles. The van der Waals surface area contributed by atoms with Gasteiger partial charge in [-0.1, -0.05) is 18.2 Å². The second-order valence-corrected chi connectivity index (χ2v) is 6.42. The molecule has 2 aromatic rings. The number of benzene rings is 1. The summed E-state index contributed by atoms with van der Waals surface area (Å²) in [5.74, 6) is 0.508. The van der Waals surface area contributed by atoms with Gasteiger partial charge >= 0.3 is 0 Å². The smallest absolute Gasteiger partial charge is 0.254 e. The number of hydrogen-bond acceptors (Lipinski definition) is 5. The molecular weight excluding hydrogens is 316 g/mol. The lowest BCUT2D eigenvalue weighted by molar-refractivity contribution is 0.0933. The molecule has 1 aliphatic heterocycles. The lowest BCUT2D eigenvalue weighted by atomic mass is 10.2. The summed E-state index contributed by atoms with van der Waals surface area (Å²) < 4.78 is 5.21. The molecule has 1 aromatic heterocycles. The van der Waals surface area contributed by atoms with Gasteiger partial charge in [-0.25, -0.2) is 0 Å². The summed E-state index contributed by atoms with van der Waals surface area (Å²) in [6.45, 7) is 7.07. The van der Waals surface area contributed by atoms with Crippen LogP contribution < -0.4 is 16.0 Å². The van der Waals surface area contributed by atoms with Crippen LogP contribution in [0.1, 0.15) is 23.0 Å². The molecule has 25 heavy (non-hydrogen) atoms. The predicted molar refractivity (Wildman–Crippen MR) is 98.6 cm³/mol. The fraction of sp³-hybridized carbons (Fsp3) is 0.421. The van der Waals surface area contributed by atoms with E-state index >= 15 is 0 Å². The Kier molecular flexibility index (Phi) is 5.73. The molecule has 1 atom stereocenters. The Hall–Kier alpha value is -2.31. The molecular formula is C19H26N4O2. The van der Waals surface area contributed by atoms with E-state index in [9.17, 15) is 4.79 Å². The minimum absolute atomic E-state index is 0.113. The zero-order valence-electron chi connectivity index (χ0n) is 14.6. The van der Waals surface area contributed by atoms with Crippen molar-refractivity contribution < 1.29 is 9.21 Å². The van der Waals surface area contributed by atoms with Crippen molar-refractivity contribution in [3.8, 4) is 0 Å². The van der Waals surface area contributed by atoms with E-state index in [1.807, 2.05) is 6.07 Å². The Morgan fingerprint density at radius 3 is 2.60 bits per heavy atom. The van der Waals surface area contributed by atoms with Gasteiger partial charge in [0.15, 0.2) is 0 Å². The number of para-hydroxylation sites is 1. The molecule has 3 rings (SSSR count). The first-order valence-electron chi connectivity index (χ1n) is 8.77. The second-order valence-electron chi connectivity index (χ2n) is 6.42. The highest BCUT2D eigenvalue weighted by Gasteiger charge is 2.21. The standard InChI is InChI=1S/C19H26N4O2/c1-15(13-21-19(24)16-11-18(12-20)25-14-16)22-7-9-23(10-8-22)17-5-3-2-4-6-17/h2-6,11,14-15H,7-10,12-13,20H2,1H3,(H,21,24). The lowest BCUT2D eigenvalue weighted by Gasteiger charge is -2.39. The molecule has 0 bridgehead atoms. The Balaban J connectivity index is 1.45. The molecule has 0 saturated carbocycles. The fourth-order valence-electron chi connectivity index (χ4n) is 3.14. The number of nitrogens with two attached hydrogens (primary N) is 1. The highest BCUT2D eigenvalue weighted by Crippen LogP contribution is 2.16. The molecule has 2 heterocycles. The van der Waals surface area contributed by atoms with Gasteiger partial charge in [-0.15, -0.1) is 0 Å². The first kappa shape index (κ1) is 17.5. The predicted octanol–water partition coefficient (Wildman–Crippen LogP) is 1.68. The van der Waals surface area contributed by atoms with E-state index in [0.717, 1.165) is 26.2 Å². The molecule has 1 unspecified atom stereocenters. The highest BCUT2D eigenvalue weighted by atomic mass is 16.3. The summed E-state index contributed by atoms with van der Waals surface area (Å²) in [5.41, 5.74) is 7.31. The normalized spacial score (nSPS) is 16.6. The first-order chi connectivity index (χ1) is 12.2. The maximum atomic E-state index is 12.2. The summed E-state index contributed by atoms with van der Waals surface area (Å²) in [5, 5.41) is 2.98. The summed E-state index contributed by atoms with van der Waals surface area (Å²) in [7, 11) is 0. The van der Waals surface area contributed by atoms with E-state index in [1.165, 1.54) is 12.0 Å². The number of rotatable bonds is 6. The van der Waals surface area contributed by atoms with Gasteiger partial charge in [0.1, 0.15) is 12.0 Å². The molecule has 1 amide bonds. The number of furan rings is 1. The van der Waals surface area contributed by atoms with Crippen LogP contribution in [0.3, 0.4) is 0 Å². The molecule has 0 radical (unpaired) electrons. The number of nitrogens with one attached hydrogen (secondary N) is 1. The number of carbonyl (C=O) groups is 1. The third kappa shape index (κ3) is 4.41. The minimum Gasteiger partial charge on any atom is -0.467 e. The molecule has 6 nitrogen and oxygen atoms in total. The third-order valence-electron chi connectivity index (χ3n) is 4.73. The maximum Gasteiger partial charge on any atom is 0.254 e. The summed E-state index contributed by atoms with van der Waals surface area (Å²) >= 11 is 0. The number of hydrogen-bond donors (Lipinski definition) is 2. The van der Waals surface area contributed by atoms with Crippen LogP contribution in [0.25, 0.3) is 0 Å². The maximum absolute atomic E-state index is 12.2. The van der Waals surface area contributed by atoms with Gasteiger partial charge in [0.25, 0.3) is 5.91 Å². The van der Waals surface area contributed by atoms with E-state index in [0.29, 0.717) is 30.5 Å². The van der Waals surface area contributed by atoms with Gasteiger partial charge in [-0.2, -0.15) is 0 Å². The summed E-state index contributed by atoms with van der Waals surface area (Å²) in [6, 6.07) is 12.5. The number of piperazine rings is 1. The van der Waals surface area contributed by atoms with Crippen LogP contribution in [0.5, 0.6) is 0 Å². The molecule has 1 aliphatic rings. The Morgan fingerprint density at radius 2 is 1.96 bits per heavy atom. The lowest BCUT2D eigenvalue weighted by Crippen LogP contribution is -2.52. The zero-order chi connectivity index (χ0) is 17.6. The minimum atomic E-state index is -0.113. The van der Waals surface area contributed by atoms with Crippen molar-refractivity contribution in [2.24, 2.45) is 5.73 Å². The molecule has 3 N–H and O–H groups in total. The van der Waals surface area contributed by atoms with Gasteiger partial charge in [-0.3, -0.25) is 9.69 Å². The molecule has 6 heteroatoms. The van der Waals surface area contributed by atoms with E-state index < -0.39 is 0 Å². The Labute approximate surface area is 148 Å². The van der Waals surface area contributed by atoms with Crippen molar-refractivity contribution in [3.63, 3.8) is 0 Å². The summed E-state index contributed by atoms with van der Waals surface area (Å²) in [4.78, 5) is 17.0. The quantitative estimate of drug-likeness (QED) is 0.835. The monoisotopic (exact) mass is 342 g/mol. The van der Waals surface area contributed by atoms with Crippen molar-refractivity contribution in [2.75, 3.05) is 37.6 Å². The first-order valence-corrected chi connectivity index (χ1v) is 8.77. The van der Waals surface area contributed by atoms with Gasteiger partial charge in [-0.05, 0) is 25.1 Å². The van der Waals surface area contributed by atoms with E-state index in [4.69, 9.17) is 10.2 Å². The highest BCUT2D eigenvalue weighted by molar-refractivity contribution is 5.93. The van der Waals surface area contributed by atoms with E-state index in [1.54, 1.807) is 6.07 Å². The summed E-state index contributed by atoms with van der Waals surface area (Å²) in [6.07, 6.45) is 1.46.